The lowest BCUT2D eigenvalue weighted by atomic mass is 10.3. The number of nitrogens with zero attached hydrogens (tertiary/aromatic N) is 2. The van der Waals surface area contributed by atoms with Crippen molar-refractivity contribution >= 4 is 46.7 Å². The van der Waals surface area contributed by atoms with Crippen molar-refractivity contribution in [3.05, 3.63) is 58.4 Å². The van der Waals surface area contributed by atoms with Gasteiger partial charge in [0.2, 0.25) is 0 Å². The van der Waals surface area contributed by atoms with Gasteiger partial charge in [0, 0.05) is 11.4 Å². The molecule has 10 heteroatoms. The van der Waals surface area contributed by atoms with E-state index in [1.807, 2.05) is 0 Å². The van der Waals surface area contributed by atoms with Crippen molar-refractivity contribution in [1.82, 2.24) is 10.2 Å². The van der Waals surface area contributed by atoms with E-state index in [0.29, 0.717) is 27.2 Å². The highest BCUT2D eigenvalue weighted by Gasteiger charge is 2.08. The Labute approximate surface area is 157 Å². The molecule has 3 N–H and O–H groups in total. The molecule has 3 rings (SSSR count). The van der Waals surface area contributed by atoms with Gasteiger partial charge in [0.1, 0.15) is 5.75 Å². The minimum absolute atomic E-state index is 0.0573. The molecule has 0 unspecified atom stereocenters. The number of nitrogens with one attached hydrogen (secondary N) is 2. The molecule has 0 aliphatic carbocycles. The predicted octanol–water partition coefficient (Wildman–Crippen LogP) is 4.79. The van der Waals surface area contributed by atoms with Gasteiger partial charge in [0.15, 0.2) is 6.61 Å². The van der Waals surface area contributed by atoms with Crippen molar-refractivity contribution in [2.75, 3.05) is 10.6 Å². The molecule has 1 amide bonds. The Balaban J connectivity index is 1.56. The van der Waals surface area contributed by atoms with Gasteiger partial charge in [0.05, 0.1) is 10.0 Å². The summed E-state index contributed by atoms with van der Waals surface area (Å²) in [5.41, 5.74) is 1.09. The van der Waals surface area contributed by atoms with Crippen LogP contribution in [-0.2, 0) is 6.61 Å². The summed E-state index contributed by atoms with van der Waals surface area (Å²) in [6.07, 6.45) is -1.13. The molecule has 0 saturated heterocycles. The summed E-state index contributed by atoms with van der Waals surface area (Å²) < 4.78 is 10.9. The number of hydrogen-bond donors (Lipinski definition) is 3. The largest absolute Gasteiger partial charge is 0.484 e. The number of carboxylic acid groups (broad SMARTS) is 1. The maximum Gasteiger partial charge on any atom is 0.409 e. The van der Waals surface area contributed by atoms with Crippen molar-refractivity contribution in [1.29, 1.82) is 0 Å². The van der Waals surface area contributed by atoms with Crippen LogP contribution in [0.25, 0.3) is 0 Å². The first-order chi connectivity index (χ1) is 12.5. The molecular formula is C16H12Cl2N4O4. The van der Waals surface area contributed by atoms with E-state index in [-0.39, 0.29) is 18.5 Å². The van der Waals surface area contributed by atoms with Crippen molar-refractivity contribution in [2.24, 2.45) is 0 Å². The summed E-state index contributed by atoms with van der Waals surface area (Å²) in [5.74, 6) is 0.790. The van der Waals surface area contributed by atoms with Crippen LogP contribution in [0.15, 0.2) is 46.9 Å². The van der Waals surface area contributed by atoms with Gasteiger partial charge in [-0.15, -0.1) is 5.10 Å². The molecule has 0 saturated carbocycles. The highest BCUT2D eigenvalue weighted by Crippen LogP contribution is 2.26. The van der Waals surface area contributed by atoms with Crippen molar-refractivity contribution in [2.45, 2.75) is 6.61 Å². The first-order valence-corrected chi connectivity index (χ1v) is 8.02. The highest BCUT2D eigenvalue weighted by atomic mass is 35.5. The van der Waals surface area contributed by atoms with Crippen LogP contribution in [-0.4, -0.2) is 21.4 Å². The molecule has 2 aromatic carbocycles. The Kier molecular flexibility index (Phi) is 5.45. The Hall–Kier alpha value is -2.97. The quantitative estimate of drug-likeness (QED) is 0.551. The molecule has 8 nitrogen and oxygen atoms in total. The van der Waals surface area contributed by atoms with E-state index in [0.717, 1.165) is 0 Å². The van der Waals surface area contributed by atoms with Crippen LogP contribution in [0, 0.1) is 0 Å². The fraction of sp³-hybridized carbons (Fsp3) is 0.0625. The minimum Gasteiger partial charge on any atom is -0.484 e. The highest BCUT2D eigenvalue weighted by molar-refractivity contribution is 6.42. The number of benzene rings is 2. The molecule has 134 valence electrons. The minimum atomic E-state index is -1.13. The van der Waals surface area contributed by atoms with Gasteiger partial charge in [-0.25, -0.2) is 4.79 Å². The molecule has 0 radical (unpaired) electrons. The summed E-state index contributed by atoms with van der Waals surface area (Å²) >= 11 is 11.8. The zero-order valence-corrected chi connectivity index (χ0v) is 14.6. The molecule has 0 fully saturated rings. The van der Waals surface area contributed by atoms with Gasteiger partial charge in [-0.2, -0.15) is 0 Å². The average molecular weight is 395 g/mol. The lowest BCUT2D eigenvalue weighted by molar-refractivity contribution is 0.209. The van der Waals surface area contributed by atoms with Gasteiger partial charge < -0.3 is 19.6 Å². The second-order valence-electron chi connectivity index (χ2n) is 5.00. The Morgan fingerprint density at radius 2 is 1.81 bits per heavy atom. The van der Waals surface area contributed by atoms with E-state index in [4.69, 9.17) is 37.5 Å². The first kappa shape index (κ1) is 17.8. The molecular weight excluding hydrogens is 383 g/mol. The molecule has 1 heterocycles. The molecule has 0 spiro atoms. The zero-order valence-electron chi connectivity index (χ0n) is 13.1. The average Bonchev–Trinajstić information content (AvgIpc) is 3.04. The monoisotopic (exact) mass is 394 g/mol. The van der Waals surface area contributed by atoms with E-state index in [2.05, 4.69) is 20.8 Å². The number of hydrogen-bond acceptors (Lipinski definition) is 6. The Morgan fingerprint density at radius 1 is 1.08 bits per heavy atom. The molecule has 0 aliphatic heterocycles. The number of ether oxygens (including phenoxy) is 1. The second kappa shape index (κ2) is 7.94. The van der Waals surface area contributed by atoms with Crippen molar-refractivity contribution < 1.29 is 19.1 Å². The maximum absolute atomic E-state index is 10.5. The first-order valence-electron chi connectivity index (χ1n) is 7.27. The molecule has 3 aromatic rings. The number of aromatic nitrogens is 2. The third-order valence-corrected chi connectivity index (χ3v) is 3.84. The predicted molar refractivity (Wildman–Crippen MR) is 96.5 cm³/mol. The van der Waals surface area contributed by atoms with Gasteiger partial charge in [-0.3, -0.25) is 5.32 Å². The van der Waals surface area contributed by atoms with Gasteiger partial charge in [0.25, 0.3) is 5.89 Å². The standard InChI is InChI=1S/C16H12Cl2N4O4/c17-12-6-3-10(7-13(12)18)19-15-22-21-14(26-15)8-25-11-4-1-9(2-5-11)20-16(23)24/h1-7,20H,8H2,(H,19,22)(H,23,24). The van der Waals surface area contributed by atoms with Crippen LogP contribution in [0.2, 0.25) is 10.0 Å². The fourth-order valence-electron chi connectivity index (χ4n) is 1.96. The maximum atomic E-state index is 10.5. The third-order valence-electron chi connectivity index (χ3n) is 3.11. The van der Waals surface area contributed by atoms with Gasteiger partial charge in [-0.1, -0.05) is 28.3 Å². The number of amides is 1. The number of anilines is 3. The molecule has 26 heavy (non-hydrogen) atoms. The molecule has 0 atom stereocenters. The molecule has 1 aromatic heterocycles. The van der Waals surface area contributed by atoms with E-state index in [1.54, 1.807) is 42.5 Å². The van der Waals surface area contributed by atoms with Crippen LogP contribution in [0.4, 0.5) is 22.2 Å². The molecule has 0 bridgehead atoms. The Morgan fingerprint density at radius 3 is 2.50 bits per heavy atom. The fourth-order valence-corrected chi connectivity index (χ4v) is 2.26. The summed E-state index contributed by atoms with van der Waals surface area (Å²) in [6, 6.07) is 11.6. The van der Waals surface area contributed by atoms with Gasteiger partial charge >= 0.3 is 12.1 Å². The van der Waals surface area contributed by atoms with Crippen molar-refractivity contribution in [3.8, 4) is 5.75 Å². The third kappa shape index (κ3) is 4.78. The van der Waals surface area contributed by atoms with Gasteiger partial charge in [-0.05, 0) is 42.5 Å². The van der Waals surface area contributed by atoms with Crippen LogP contribution in [0.1, 0.15) is 5.89 Å². The SMILES string of the molecule is O=C(O)Nc1ccc(OCc2nnc(Nc3ccc(Cl)c(Cl)c3)o2)cc1. The second-order valence-corrected chi connectivity index (χ2v) is 5.81. The summed E-state index contributed by atoms with van der Waals surface area (Å²) in [5, 5.41) is 22.4. The number of carbonyl (C=O) groups is 1. The van der Waals surface area contributed by atoms with E-state index < -0.39 is 6.09 Å². The number of rotatable bonds is 6. The smallest absolute Gasteiger partial charge is 0.409 e. The van der Waals surface area contributed by atoms with Crippen LogP contribution >= 0.6 is 23.2 Å². The zero-order chi connectivity index (χ0) is 18.5. The normalized spacial score (nSPS) is 10.4. The summed E-state index contributed by atoms with van der Waals surface area (Å²) in [6.45, 7) is 0.0573. The summed E-state index contributed by atoms with van der Waals surface area (Å²) in [4.78, 5) is 10.5. The van der Waals surface area contributed by atoms with Crippen molar-refractivity contribution in [3.63, 3.8) is 0 Å². The van der Waals surface area contributed by atoms with E-state index >= 15 is 0 Å². The molecule has 0 aliphatic rings. The lowest BCUT2D eigenvalue weighted by Crippen LogP contribution is -2.06. The number of halogens is 2. The topological polar surface area (TPSA) is 110 Å². The van der Waals surface area contributed by atoms with Crippen LogP contribution in [0.5, 0.6) is 5.75 Å². The van der Waals surface area contributed by atoms with E-state index in [9.17, 15) is 4.79 Å². The van der Waals surface area contributed by atoms with Crippen LogP contribution < -0.4 is 15.4 Å². The lowest BCUT2D eigenvalue weighted by Gasteiger charge is -2.05. The summed E-state index contributed by atoms with van der Waals surface area (Å²) in [7, 11) is 0. The van der Waals surface area contributed by atoms with Crippen LogP contribution in [0.3, 0.4) is 0 Å². The van der Waals surface area contributed by atoms with E-state index in [1.165, 1.54) is 0 Å². The Bertz CT molecular complexity index is 915.